The van der Waals surface area contributed by atoms with Crippen molar-refractivity contribution in [1.82, 2.24) is 0 Å². The van der Waals surface area contributed by atoms with Gasteiger partial charge in [0, 0.05) is 16.5 Å². The summed E-state index contributed by atoms with van der Waals surface area (Å²) in [6.45, 7) is 0. The SMILES string of the molecule is [Ni].c1ccc(P([CH-]CCP(c2ccccc2)c2ccccc2)c2ccccc2)cc1. The molecule has 0 aliphatic rings. The molecule has 0 heterocycles. The Hall–Kier alpha value is -1.77. The second-order valence-corrected chi connectivity index (χ2v) is 11.3. The van der Waals surface area contributed by atoms with E-state index in [-0.39, 0.29) is 24.4 Å². The van der Waals surface area contributed by atoms with Gasteiger partial charge in [0.25, 0.3) is 0 Å². The fraction of sp³-hybridized carbons (Fsp3) is 0.0741. The molecule has 0 saturated heterocycles. The molecule has 0 aliphatic carbocycles. The zero-order valence-electron chi connectivity index (χ0n) is 16.7. The smallest absolute Gasteiger partial charge is 0 e. The van der Waals surface area contributed by atoms with Crippen LogP contribution in [0, 0.1) is 6.16 Å². The Kier molecular flexibility index (Phi) is 9.30. The minimum absolute atomic E-state index is 0. The van der Waals surface area contributed by atoms with Crippen molar-refractivity contribution in [2.75, 3.05) is 6.16 Å². The molecule has 0 atom stereocenters. The van der Waals surface area contributed by atoms with E-state index in [2.05, 4.69) is 127 Å². The molecule has 4 aromatic carbocycles. The van der Waals surface area contributed by atoms with E-state index in [9.17, 15) is 0 Å². The van der Waals surface area contributed by atoms with Crippen LogP contribution in [0.4, 0.5) is 0 Å². The van der Waals surface area contributed by atoms with Crippen LogP contribution in [0.25, 0.3) is 0 Å². The molecule has 0 aromatic heterocycles. The minimum Gasteiger partial charge on any atom is -0.293 e. The van der Waals surface area contributed by atoms with Crippen LogP contribution in [0.3, 0.4) is 0 Å². The van der Waals surface area contributed by atoms with Crippen LogP contribution < -0.4 is 21.2 Å². The van der Waals surface area contributed by atoms with Crippen LogP contribution in [0.5, 0.6) is 0 Å². The molecule has 154 valence electrons. The maximum Gasteiger partial charge on any atom is 0 e. The normalized spacial score (nSPS) is 10.7. The van der Waals surface area contributed by atoms with E-state index in [1.807, 2.05) is 0 Å². The summed E-state index contributed by atoms with van der Waals surface area (Å²) >= 11 is 0. The van der Waals surface area contributed by atoms with Gasteiger partial charge in [-0.2, -0.15) is 6.42 Å². The molecule has 0 radical (unpaired) electrons. The summed E-state index contributed by atoms with van der Waals surface area (Å²) in [7, 11) is -0.774. The van der Waals surface area contributed by atoms with Crippen molar-refractivity contribution in [3.63, 3.8) is 0 Å². The van der Waals surface area contributed by atoms with Crippen molar-refractivity contribution in [2.24, 2.45) is 0 Å². The number of rotatable bonds is 8. The first-order chi connectivity index (χ1) is 14.4. The Morgan fingerprint density at radius 1 is 0.467 bits per heavy atom. The molecule has 0 fully saturated rings. The van der Waals surface area contributed by atoms with Crippen molar-refractivity contribution in [3.8, 4) is 0 Å². The minimum atomic E-state index is -0.434. The van der Waals surface area contributed by atoms with E-state index in [1.165, 1.54) is 27.4 Å². The Balaban J connectivity index is 0.00000256. The summed E-state index contributed by atoms with van der Waals surface area (Å²) in [5, 5.41) is 5.78. The molecule has 4 aromatic rings. The standard InChI is InChI=1S/C27H25P2.Ni/c1-5-14-24(15-6-1)28(25-16-7-2-8-17-25)22-13-23-29(26-18-9-3-10-19-26)27-20-11-4-12-21-27;/h1-12,14-22H,13,23H2;/q-1;. The van der Waals surface area contributed by atoms with Crippen molar-refractivity contribution in [2.45, 2.75) is 6.42 Å². The molecule has 0 spiro atoms. The van der Waals surface area contributed by atoms with Gasteiger partial charge in [-0.15, -0.1) is 0 Å². The second kappa shape index (κ2) is 12.2. The predicted octanol–water partition coefficient (Wildman–Crippen LogP) is 5.80. The quantitative estimate of drug-likeness (QED) is 0.174. The van der Waals surface area contributed by atoms with Crippen LogP contribution in [-0.4, -0.2) is 6.16 Å². The molecule has 0 amide bonds. The molecule has 0 unspecified atom stereocenters. The molecule has 4 rings (SSSR count). The third-order valence-electron chi connectivity index (χ3n) is 4.87. The Morgan fingerprint density at radius 3 is 1.17 bits per heavy atom. The summed E-state index contributed by atoms with van der Waals surface area (Å²) in [5.41, 5.74) is 0. The second-order valence-electron chi connectivity index (χ2n) is 6.84. The predicted molar refractivity (Wildman–Crippen MR) is 132 cm³/mol. The van der Waals surface area contributed by atoms with Crippen LogP contribution in [0.2, 0.25) is 0 Å². The summed E-state index contributed by atoms with van der Waals surface area (Å²) < 4.78 is 0. The van der Waals surface area contributed by atoms with E-state index < -0.39 is 7.92 Å². The van der Waals surface area contributed by atoms with Crippen LogP contribution in [0.1, 0.15) is 6.42 Å². The molecular weight excluding hydrogens is 445 g/mol. The fourth-order valence-electron chi connectivity index (χ4n) is 3.48. The van der Waals surface area contributed by atoms with Crippen LogP contribution in [-0.2, 0) is 16.5 Å². The zero-order chi connectivity index (χ0) is 19.7. The van der Waals surface area contributed by atoms with E-state index in [1.54, 1.807) is 0 Å². The van der Waals surface area contributed by atoms with Crippen molar-refractivity contribution in [1.29, 1.82) is 0 Å². The van der Waals surface area contributed by atoms with Gasteiger partial charge < -0.3 is 0 Å². The number of hydrogen-bond donors (Lipinski definition) is 0. The number of hydrogen-bond acceptors (Lipinski definition) is 0. The Morgan fingerprint density at radius 2 is 0.800 bits per heavy atom. The van der Waals surface area contributed by atoms with Gasteiger partial charge in [0.15, 0.2) is 0 Å². The van der Waals surface area contributed by atoms with E-state index >= 15 is 0 Å². The van der Waals surface area contributed by atoms with Gasteiger partial charge in [0.2, 0.25) is 0 Å². The van der Waals surface area contributed by atoms with Gasteiger partial charge in [-0.3, -0.25) is 6.16 Å². The summed E-state index contributed by atoms with van der Waals surface area (Å²) in [4.78, 5) is 0. The van der Waals surface area contributed by atoms with Gasteiger partial charge in [0.05, 0.1) is 0 Å². The van der Waals surface area contributed by atoms with Crippen molar-refractivity contribution < 1.29 is 16.5 Å². The van der Waals surface area contributed by atoms with Gasteiger partial charge in [-0.1, -0.05) is 138 Å². The summed E-state index contributed by atoms with van der Waals surface area (Å²) in [6, 6.07) is 43.9. The largest absolute Gasteiger partial charge is 0.293 e. The summed E-state index contributed by atoms with van der Waals surface area (Å²) in [5.74, 6) is 0. The molecule has 0 nitrogen and oxygen atoms in total. The van der Waals surface area contributed by atoms with Crippen molar-refractivity contribution in [3.05, 3.63) is 127 Å². The Labute approximate surface area is 193 Å². The van der Waals surface area contributed by atoms with Gasteiger partial charge in [-0.05, 0) is 18.5 Å². The molecule has 3 heteroatoms. The van der Waals surface area contributed by atoms with E-state index in [0.717, 1.165) is 6.42 Å². The van der Waals surface area contributed by atoms with Gasteiger partial charge >= 0.3 is 0 Å². The molecule has 0 saturated carbocycles. The maximum absolute atomic E-state index is 2.57. The first kappa shape index (κ1) is 22.9. The molecular formula is C27H25NiP2-. The monoisotopic (exact) mass is 469 g/mol. The van der Waals surface area contributed by atoms with Crippen molar-refractivity contribution >= 4 is 37.1 Å². The molecule has 0 aliphatic heterocycles. The first-order valence-corrected chi connectivity index (χ1v) is 13.0. The molecule has 0 N–H and O–H groups in total. The third kappa shape index (κ3) is 6.12. The van der Waals surface area contributed by atoms with Gasteiger partial charge in [-0.25, -0.2) is 7.92 Å². The third-order valence-corrected chi connectivity index (χ3v) is 9.75. The van der Waals surface area contributed by atoms with Crippen LogP contribution in [0.15, 0.2) is 121 Å². The first-order valence-electron chi connectivity index (χ1n) is 10.0. The average molecular weight is 470 g/mol. The fourth-order valence-corrected chi connectivity index (χ4v) is 8.04. The topological polar surface area (TPSA) is 0 Å². The van der Waals surface area contributed by atoms with Gasteiger partial charge in [0.1, 0.15) is 0 Å². The summed E-state index contributed by atoms with van der Waals surface area (Å²) in [6.07, 6.45) is 4.87. The maximum atomic E-state index is 2.57. The van der Waals surface area contributed by atoms with E-state index in [0.29, 0.717) is 0 Å². The zero-order valence-corrected chi connectivity index (χ0v) is 19.5. The average Bonchev–Trinajstić information content (AvgIpc) is 2.81. The molecule has 0 bridgehead atoms. The Bertz CT molecular complexity index is 814. The van der Waals surface area contributed by atoms with E-state index in [4.69, 9.17) is 0 Å². The molecule has 30 heavy (non-hydrogen) atoms. The number of benzene rings is 4. The van der Waals surface area contributed by atoms with Crippen LogP contribution >= 0.6 is 15.8 Å².